The highest BCUT2D eigenvalue weighted by atomic mass is 35.5. The number of amides is 2. The second-order valence-corrected chi connectivity index (χ2v) is 10.9. The molecule has 2 rings (SSSR count). The zero-order valence-corrected chi connectivity index (χ0v) is 24.7. The molecule has 13 nitrogen and oxygen atoms in total. The zero-order chi connectivity index (χ0) is 33.2. The third kappa shape index (κ3) is 10.8. The van der Waals surface area contributed by atoms with Crippen molar-refractivity contribution in [3.8, 4) is 0 Å². The van der Waals surface area contributed by atoms with Gasteiger partial charge in [0, 0.05) is 11.1 Å². The van der Waals surface area contributed by atoms with Crippen LogP contribution in [0.25, 0.3) is 0 Å². The number of carboxylic acids is 4. The van der Waals surface area contributed by atoms with E-state index in [1.807, 2.05) is 0 Å². The quantitative estimate of drug-likeness (QED) is 0.156. The van der Waals surface area contributed by atoms with Crippen LogP contribution in [0.2, 0.25) is 0 Å². The van der Waals surface area contributed by atoms with Crippen molar-refractivity contribution in [1.29, 1.82) is 0 Å². The Hall–Kier alpha value is -3.91. The van der Waals surface area contributed by atoms with Crippen LogP contribution in [-0.4, -0.2) is 70.6 Å². The van der Waals surface area contributed by atoms with Gasteiger partial charge in [-0.1, -0.05) is 72.4 Å². The van der Waals surface area contributed by atoms with E-state index >= 15 is 0 Å². The third-order valence-electron chi connectivity index (χ3n) is 5.09. The lowest BCUT2D eigenvalue weighted by atomic mass is 9.95. The first-order chi connectivity index (χ1) is 19.1. The summed E-state index contributed by atoms with van der Waals surface area (Å²) in [5, 5.41) is 36.1. The fourth-order valence-electron chi connectivity index (χ4n) is 2.61. The summed E-state index contributed by atoms with van der Waals surface area (Å²) in [5.74, 6) is -8.25. The van der Waals surface area contributed by atoms with E-state index in [1.165, 1.54) is 0 Å². The van der Waals surface area contributed by atoms with Crippen LogP contribution >= 0.6 is 46.4 Å². The first-order valence-corrected chi connectivity index (χ1v) is 12.8. The van der Waals surface area contributed by atoms with E-state index in [2.05, 4.69) is 0 Å². The monoisotopic (exact) mass is 668 g/mol. The fraction of sp³-hybridized carbons (Fsp3) is 0.240. The van der Waals surface area contributed by atoms with Crippen molar-refractivity contribution in [3.05, 3.63) is 69.8 Å². The van der Waals surface area contributed by atoms with Gasteiger partial charge in [-0.3, -0.25) is 14.4 Å². The molecule has 0 aliphatic heterocycles. The number of carbonyl (C=O) groups is 7. The maximum atomic E-state index is 12.5. The molecule has 2 aromatic rings. The Kier molecular flexibility index (Phi) is 14.4. The van der Waals surface area contributed by atoms with Gasteiger partial charge in [-0.15, -0.1) is 0 Å². The summed E-state index contributed by atoms with van der Waals surface area (Å²) in [6, 6.07) is 5.79. The average molecular weight is 670 g/mol. The summed E-state index contributed by atoms with van der Waals surface area (Å²) in [5.41, 5.74) is 6.94. The highest BCUT2D eigenvalue weighted by Gasteiger charge is 2.29. The standard InChI is InChI=1S/C17H10O9.2C4H7Cl2NO/c18-13(7-1-3-9(14(19)20)11(5-7)16(23)24)8-2-4-10(15(21)22)12(6-8)17(25)26;2*1-2-4(5,6)3(7)8/h1-6H,(H,19,20)(H,21,22)(H,23,24)(H,25,26);2*2H2,1H3,(H2,7,8). The number of nitrogens with two attached hydrogens (primary N) is 2. The summed E-state index contributed by atoms with van der Waals surface area (Å²) in [4.78, 5) is 77.3. The molecule has 0 saturated carbocycles. The number of hydrogen-bond donors (Lipinski definition) is 6. The second-order valence-electron chi connectivity index (χ2n) is 7.91. The van der Waals surface area contributed by atoms with E-state index in [-0.39, 0.29) is 11.1 Å². The predicted octanol–water partition coefficient (Wildman–Crippen LogP) is 3.82. The van der Waals surface area contributed by atoms with Crippen molar-refractivity contribution in [2.45, 2.75) is 35.4 Å². The average Bonchev–Trinajstić information content (AvgIpc) is 2.92. The molecule has 0 saturated heterocycles. The lowest BCUT2D eigenvalue weighted by Crippen LogP contribution is -2.32. The highest BCUT2D eigenvalue weighted by Crippen LogP contribution is 2.24. The van der Waals surface area contributed by atoms with Gasteiger partial charge in [0.25, 0.3) is 11.8 Å². The summed E-state index contributed by atoms with van der Waals surface area (Å²) in [6.45, 7) is 3.37. The van der Waals surface area contributed by atoms with Crippen molar-refractivity contribution < 1.29 is 54.0 Å². The molecule has 0 aromatic heterocycles. The van der Waals surface area contributed by atoms with Gasteiger partial charge >= 0.3 is 23.9 Å². The molecule has 0 radical (unpaired) electrons. The van der Waals surface area contributed by atoms with Crippen molar-refractivity contribution in [3.63, 3.8) is 0 Å². The molecule has 17 heteroatoms. The van der Waals surface area contributed by atoms with Crippen molar-refractivity contribution >= 4 is 87.9 Å². The molecule has 42 heavy (non-hydrogen) atoms. The topological polar surface area (TPSA) is 252 Å². The first kappa shape index (κ1) is 38.1. The Balaban J connectivity index is 0.000000861. The molecular weight excluding hydrogens is 646 g/mol. The van der Waals surface area contributed by atoms with E-state index in [0.29, 0.717) is 12.8 Å². The molecule has 0 bridgehead atoms. The summed E-state index contributed by atoms with van der Waals surface area (Å²) >= 11 is 21.4. The number of alkyl halides is 4. The molecule has 0 aliphatic rings. The summed E-state index contributed by atoms with van der Waals surface area (Å²) in [7, 11) is 0. The number of benzene rings is 2. The molecule has 0 spiro atoms. The van der Waals surface area contributed by atoms with E-state index in [0.717, 1.165) is 36.4 Å². The molecule has 0 atom stereocenters. The number of hydrogen-bond acceptors (Lipinski definition) is 7. The fourth-order valence-corrected chi connectivity index (χ4v) is 2.61. The Labute approximate surface area is 257 Å². The molecule has 0 aliphatic carbocycles. The minimum Gasteiger partial charge on any atom is -0.478 e. The molecular formula is C25H24Cl4N2O11. The largest absolute Gasteiger partial charge is 0.478 e. The van der Waals surface area contributed by atoms with Gasteiger partial charge in [0.05, 0.1) is 22.3 Å². The van der Waals surface area contributed by atoms with E-state index in [4.69, 9.17) is 78.3 Å². The third-order valence-corrected chi connectivity index (χ3v) is 6.91. The van der Waals surface area contributed by atoms with E-state index in [9.17, 15) is 33.6 Å². The van der Waals surface area contributed by atoms with Crippen LogP contribution in [0.15, 0.2) is 36.4 Å². The van der Waals surface area contributed by atoms with Crippen LogP contribution < -0.4 is 11.5 Å². The predicted molar refractivity (Wildman–Crippen MR) is 152 cm³/mol. The van der Waals surface area contributed by atoms with Gasteiger partial charge < -0.3 is 31.9 Å². The van der Waals surface area contributed by atoms with Gasteiger partial charge in [0.1, 0.15) is 0 Å². The number of carbonyl (C=O) groups excluding carboxylic acids is 3. The second kappa shape index (κ2) is 15.9. The number of halogens is 4. The maximum Gasteiger partial charge on any atom is 0.336 e. The zero-order valence-electron chi connectivity index (χ0n) is 21.7. The minimum absolute atomic E-state index is 0.188. The summed E-state index contributed by atoms with van der Waals surface area (Å²) in [6.07, 6.45) is 0.677. The molecule has 2 aromatic carbocycles. The lowest BCUT2D eigenvalue weighted by molar-refractivity contribution is -0.119. The van der Waals surface area contributed by atoms with Crippen LogP contribution in [0, 0.1) is 0 Å². The molecule has 8 N–H and O–H groups in total. The summed E-state index contributed by atoms with van der Waals surface area (Å²) < 4.78 is -2.75. The Bertz CT molecular complexity index is 1310. The molecule has 2 amide bonds. The molecule has 0 unspecified atom stereocenters. The van der Waals surface area contributed by atoms with Crippen molar-refractivity contribution in [1.82, 2.24) is 0 Å². The molecule has 0 heterocycles. The maximum absolute atomic E-state index is 12.5. The number of aromatic carboxylic acids is 4. The van der Waals surface area contributed by atoms with Gasteiger partial charge in [0.2, 0.25) is 0 Å². The first-order valence-electron chi connectivity index (χ1n) is 11.3. The van der Waals surface area contributed by atoms with Crippen molar-refractivity contribution in [2.24, 2.45) is 11.5 Å². The van der Waals surface area contributed by atoms with Gasteiger partial charge in [-0.25, -0.2) is 19.2 Å². The Morgan fingerprint density at radius 1 is 0.571 bits per heavy atom. The number of ketones is 1. The van der Waals surface area contributed by atoms with E-state index < -0.39 is 72.4 Å². The number of rotatable bonds is 10. The van der Waals surface area contributed by atoms with Crippen LogP contribution in [-0.2, 0) is 9.59 Å². The van der Waals surface area contributed by atoms with Crippen LogP contribution in [0.1, 0.15) is 84.0 Å². The van der Waals surface area contributed by atoms with Crippen LogP contribution in [0.4, 0.5) is 0 Å². The van der Waals surface area contributed by atoms with Gasteiger partial charge in [-0.2, -0.15) is 0 Å². The van der Waals surface area contributed by atoms with Crippen LogP contribution in [0.5, 0.6) is 0 Å². The Morgan fingerprint density at radius 3 is 1.00 bits per heavy atom. The SMILES string of the molecule is CCC(Cl)(Cl)C(N)=O.CCC(Cl)(Cl)C(N)=O.O=C(c1ccc(C(=O)O)c(C(=O)O)c1)c1ccc(C(=O)O)c(C(=O)O)c1. The van der Waals surface area contributed by atoms with E-state index in [1.54, 1.807) is 13.8 Å². The van der Waals surface area contributed by atoms with Crippen molar-refractivity contribution in [2.75, 3.05) is 0 Å². The molecule has 0 fully saturated rings. The number of carboxylic acid groups (broad SMARTS) is 4. The highest BCUT2D eigenvalue weighted by molar-refractivity contribution is 6.58. The Morgan fingerprint density at radius 2 is 0.833 bits per heavy atom. The lowest BCUT2D eigenvalue weighted by Gasteiger charge is -2.10. The minimum atomic E-state index is -1.55. The molecule has 228 valence electrons. The van der Waals surface area contributed by atoms with Gasteiger partial charge in [0.15, 0.2) is 14.4 Å². The normalized spacial score (nSPS) is 10.6. The van der Waals surface area contributed by atoms with Gasteiger partial charge in [-0.05, 0) is 37.1 Å². The smallest absolute Gasteiger partial charge is 0.336 e. The van der Waals surface area contributed by atoms with Crippen LogP contribution in [0.3, 0.4) is 0 Å². The number of primary amides is 2.